The fourth-order valence-corrected chi connectivity index (χ4v) is 8.22. The second-order valence-corrected chi connectivity index (χ2v) is 13.6. The fourth-order valence-electron chi connectivity index (χ4n) is 8.22. The van der Waals surface area contributed by atoms with Gasteiger partial charge in [-0.15, -0.1) is 0 Å². The van der Waals surface area contributed by atoms with E-state index in [1.165, 1.54) is 32.8 Å². The molecule has 11 rings (SSSR count). The Morgan fingerprint density at radius 1 is 0.321 bits per heavy atom. The standard InChI is InChI=1S/C50H31NO2/c1-2-12-37-32(10-1)11-7-15-38(37)33-22-26-35(27-23-33)51(45-18-9-21-48-49(45)44-14-4-6-20-47(44)52-48)36-28-24-34(25-29-36)39-16-8-17-42-40(39)30-31-43-41-13-3-5-19-46(41)53-50(42)43/h1-31H. The van der Waals surface area contributed by atoms with Gasteiger partial charge in [0.1, 0.15) is 22.3 Å². The van der Waals surface area contributed by atoms with Crippen LogP contribution < -0.4 is 4.90 Å². The first-order chi connectivity index (χ1) is 26.3. The third kappa shape index (κ3) is 4.68. The maximum atomic E-state index is 6.41. The van der Waals surface area contributed by atoms with E-state index in [9.17, 15) is 0 Å². The third-order valence-corrected chi connectivity index (χ3v) is 10.7. The molecule has 0 saturated carbocycles. The molecule has 0 aliphatic carbocycles. The molecule has 2 heterocycles. The van der Waals surface area contributed by atoms with Gasteiger partial charge in [-0.1, -0.05) is 133 Å². The van der Waals surface area contributed by atoms with Crippen molar-refractivity contribution >= 4 is 82.5 Å². The van der Waals surface area contributed by atoms with Crippen LogP contribution in [0.3, 0.4) is 0 Å². The lowest BCUT2D eigenvalue weighted by Gasteiger charge is -2.27. The smallest absolute Gasteiger partial charge is 0.143 e. The Balaban J connectivity index is 1.06. The Labute approximate surface area is 305 Å². The van der Waals surface area contributed by atoms with Gasteiger partial charge in [-0.2, -0.15) is 0 Å². The number of hydrogen-bond donors (Lipinski definition) is 0. The molecule has 0 saturated heterocycles. The first-order valence-electron chi connectivity index (χ1n) is 18.0. The van der Waals surface area contributed by atoms with Crippen molar-refractivity contribution in [2.75, 3.05) is 4.90 Å². The summed E-state index contributed by atoms with van der Waals surface area (Å²) in [6, 6.07) is 66.8. The molecule has 53 heavy (non-hydrogen) atoms. The summed E-state index contributed by atoms with van der Waals surface area (Å²) in [5.74, 6) is 0. The summed E-state index contributed by atoms with van der Waals surface area (Å²) < 4.78 is 12.8. The molecule has 0 unspecified atom stereocenters. The summed E-state index contributed by atoms with van der Waals surface area (Å²) in [6.07, 6.45) is 0. The molecule has 0 aliphatic heterocycles. The Hall–Kier alpha value is -7.10. The minimum Gasteiger partial charge on any atom is -0.456 e. The normalized spacial score (nSPS) is 11.8. The minimum atomic E-state index is 0.866. The number of para-hydroxylation sites is 2. The molecule has 11 aromatic rings. The molecule has 0 bridgehead atoms. The highest BCUT2D eigenvalue weighted by atomic mass is 16.3. The van der Waals surface area contributed by atoms with Crippen LogP contribution in [0.4, 0.5) is 17.1 Å². The second kappa shape index (κ2) is 11.7. The lowest BCUT2D eigenvalue weighted by Crippen LogP contribution is -2.10. The molecule has 9 aromatic carbocycles. The molecule has 0 fully saturated rings. The molecule has 0 N–H and O–H groups in total. The van der Waals surface area contributed by atoms with Crippen molar-refractivity contribution in [3.8, 4) is 22.3 Å². The number of nitrogens with zero attached hydrogens (tertiary/aromatic N) is 1. The fraction of sp³-hybridized carbons (Fsp3) is 0. The number of anilines is 3. The van der Waals surface area contributed by atoms with Gasteiger partial charge in [0.15, 0.2) is 0 Å². The minimum absolute atomic E-state index is 0.866. The molecule has 0 radical (unpaired) electrons. The highest BCUT2D eigenvalue weighted by Gasteiger charge is 2.20. The van der Waals surface area contributed by atoms with E-state index in [1.807, 2.05) is 24.3 Å². The predicted molar refractivity (Wildman–Crippen MR) is 222 cm³/mol. The molecule has 0 spiro atoms. The van der Waals surface area contributed by atoms with Crippen LogP contribution in [-0.4, -0.2) is 0 Å². The summed E-state index contributed by atoms with van der Waals surface area (Å²) >= 11 is 0. The molecule has 0 amide bonds. The molecule has 3 nitrogen and oxygen atoms in total. The molecule has 2 aromatic heterocycles. The van der Waals surface area contributed by atoms with E-state index >= 15 is 0 Å². The van der Waals surface area contributed by atoms with Gasteiger partial charge in [-0.3, -0.25) is 0 Å². The Morgan fingerprint density at radius 3 is 1.58 bits per heavy atom. The first-order valence-corrected chi connectivity index (χ1v) is 18.0. The highest BCUT2D eigenvalue weighted by molar-refractivity contribution is 6.17. The monoisotopic (exact) mass is 677 g/mol. The lowest BCUT2D eigenvalue weighted by molar-refractivity contribution is 0.669. The molecule has 0 atom stereocenters. The van der Waals surface area contributed by atoms with E-state index in [4.69, 9.17) is 8.83 Å². The summed E-state index contributed by atoms with van der Waals surface area (Å²) in [7, 11) is 0. The average molecular weight is 678 g/mol. The third-order valence-electron chi connectivity index (χ3n) is 10.7. The zero-order valence-electron chi connectivity index (χ0n) is 28.7. The quantitative estimate of drug-likeness (QED) is 0.182. The van der Waals surface area contributed by atoms with Gasteiger partial charge >= 0.3 is 0 Å². The molecule has 248 valence electrons. The molecule has 0 aliphatic rings. The van der Waals surface area contributed by atoms with Crippen LogP contribution in [0.5, 0.6) is 0 Å². The largest absolute Gasteiger partial charge is 0.456 e. The summed E-state index contributed by atoms with van der Waals surface area (Å²) in [4.78, 5) is 2.35. The second-order valence-electron chi connectivity index (χ2n) is 13.6. The van der Waals surface area contributed by atoms with E-state index in [2.05, 4.69) is 169 Å². The van der Waals surface area contributed by atoms with Gasteiger partial charge in [0, 0.05) is 32.9 Å². The van der Waals surface area contributed by atoms with Crippen molar-refractivity contribution in [2.24, 2.45) is 0 Å². The van der Waals surface area contributed by atoms with E-state index in [0.29, 0.717) is 0 Å². The topological polar surface area (TPSA) is 29.5 Å². The number of rotatable bonds is 5. The van der Waals surface area contributed by atoms with Crippen molar-refractivity contribution in [3.05, 3.63) is 188 Å². The van der Waals surface area contributed by atoms with Crippen LogP contribution in [0.2, 0.25) is 0 Å². The highest BCUT2D eigenvalue weighted by Crippen LogP contribution is 2.44. The lowest BCUT2D eigenvalue weighted by atomic mass is 9.96. The summed E-state index contributed by atoms with van der Waals surface area (Å²) in [5.41, 5.74) is 11.5. The predicted octanol–water partition coefficient (Wildman–Crippen LogP) is 14.6. The van der Waals surface area contributed by atoms with Crippen molar-refractivity contribution in [3.63, 3.8) is 0 Å². The van der Waals surface area contributed by atoms with Gasteiger partial charge in [-0.25, -0.2) is 0 Å². The van der Waals surface area contributed by atoms with Crippen LogP contribution >= 0.6 is 0 Å². The maximum Gasteiger partial charge on any atom is 0.143 e. The Kier molecular flexibility index (Phi) is 6.55. The van der Waals surface area contributed by atoms with Gasteiger partial charge in [-0.05, 0) is 93.0 Å². The van der Waals surface area contributed by atoms with Crippen LogP contribution in [-0.2, 0) is 0 Å². The van der Waals surface area contributed by atoms with Gasteiger partial charge in [0.05, 0.1) is 11.1 Å². The van der Waals surface area contributed by atoms with Crippen molar-refractivity contribution < 1.29 is 8.83 Å². The van der Waals surface area contributed by atoms with Gasteiger partial charge in [0.2, 0.25) is 0 Å². The van der Waals surface area contributed by atoms with E-state index in [1.54, 1.807) is 0 Å². The van der Waals surface area contributed by atoms with Crippen molar-refractivity contribution in [1.82, 2.24) is 0 Å². The van der Waals surface area contributed by atoms with E-state index < -0.39 is 0 Å². The molecular weight excluding hydrogens is 647 g/mol. The number of hydrogen-bond acceptors (Lipinski definition) is 3. The SMILES string of the molecule is c1ccc2c(-c3ccc(N(c4ccc(-c5cccc6c5ccc5c7ccccc7oc65)cc4)c4cccc5oc6ccccc6c45)cc3)cccc2c1. The average Bonchev–Trinajstić information content (AvgIpc) is 3.80. The van der Waals surface area contributed by atoms with Crippen molar-refractivity contribution in [2.45, 2.75) is 0 Å². The maximum absolute atomic E-state index is 6.41. The number of fused-ring (bicyclic) bond motifs is 9. The zero-order chi connectivity index (χ0) is 34.9. The van der Waals surface area contributed by atoms with Crippen LogP contribution in [0.25, 0.3) is 87.7 Å². The van der Waals surface area contributed by atoms with Crippen LogP contribution in [0.15, 0.2) is 197 Å². The summed E-state index contributed by atoms with van der Waals surface area (Å²) in [5, 5.41) is 9.25. The van der Waals surface area contributed by atoms with Crippen LogP contribution in [0, 0.1) is 0 Å². The summed E-state index contributed by atoms with van der Waals surface area (Å²) in [6.45, 7) is 0. The van der Waals surface area contributed by atoms with Crippen LogP contribution in [0.1, 0.15) is 0 Å². The number of benzene rings is 9. The molecule has 3 heteroatoms. The Morgan fingerprint density at radius 2 is 0.830 bits per heavy atom. The number of furan rings is 2. The Bertz CT molecular complexity index is 3160. The van der Waals surface area contributed by atoms with E-state index in [-0.39, 0.29) is 0 Å². The van der Waals surface area contributed by atoms with Crippen molar-refractivity contribution in [1.29, 1.82) is 0 Å². The van der Waals surface area contributed by atoms with Gasteiger partial charge in [0.25, 0.3) is 0 Å². The zero-order valence-corrected chi connectivity index (χ0v) is 28.7. The van der Waals surface area contributed by atoms with E-state index in [0.717, 1.165) is 71.9 Å². The first kappa shape index (κ1) is 29.6. The molecular formula is C50H31NO2. The van der Waals surface area contributed by atoms with Gasteiger partial charge < -0.3 is 13.7 Å².